The summed E-state index contributed by atoms with van der Waals surface area (Å²) in [6, 6.07) is 5.48. The van der Waals surface area contributed by atoms with Gasteiger partial charge in [-0.15, -0.1) is 0 Å². The van der Waals surface area contributed by atoms with Crippen molar-refractivity contribution < 1.29 is 14.6 Å². The van der Waals surface area contributed by atoms with E-state index in [1.165, 1.54) is 0 Å². The van der Waals surface area contributed by atoms with E-state index >= 15 is 0 Å². The molecule has 1 atom stereocenters. The van der Waals surface area contributed by atoms with Gasteiger partial charge in [0.05, 0.1) is 6.61 Å². The number of morpholine rings is 1. The van der Waals surface area contributed by atoms with Gasteiger partial charge in [0.25, 0.3) is 5.91 Å². The average molecular weight is 270 g/mol. The van der Waals surface area contributed by atoms with Crippen LogP contribution in [-0.2, 0) is 9.53 Å². The number of amides is 1. The maximum absolute atomic E-state index is 12.2. The van der Waals surface area contributed by atoms with E-state index in [-0.39, 0.29) is 12.5 Å². The molecular formula is C13H16ClNO3. The van der Waals surface area contributed by atoms with Gasteiger partial charge in [0.1, 0.15) is 6.10 Å². The number of rotatable bonds is 3. The van der Waals surface area contributed by atoms with Gasteiger partial charge in [0.15, 0.2) is 0 Å². The minimum absolute atomic E-state index is 0.0568. The van der Waals surface area contributed by atoms with Crippen LogP contribution in [0.5, 0.6) is 0 Å². The first-order valence-corrected chi connectivity index (χ1v) is 6.31. The van der Waals surface area contributed by atoms with E-state index in [4.69, 9.17) is 21.4 Å². The Hall–Kier alpha value is -1.10. The van der Waals surface area contributed by atoms with Crippen molar-refractivity contribution in [2.24, 2.45) is 0 Å². The molecule has 4 nitrogen and oxygen atoms in total. The summed E-state index contributed by atoms with van der Waals surface area (Å²) in [7, 11) is 0. The Balaban J connectivity index is 2.26. The van der Waals surface area contributed by atoms with Gasteiger partial charge in [-0.3, -0.25) is 4.79 Å². The summed E-state index contributed by atoms with van der Waals surface area (Å²) in [6.07, 6.45) is -0.225. The van der Waals surface area contributed by atoms with Crippen molar-refractivity contribution in [1.29, 1.82) is 0 Å². The molecule has 1 saturated heterocycles. The second-order valence-corrected chi connectivity index (χ2v) is 4.73. The Labute approximate surface area is 111 Å². The van der Waals surface area contributed by atoms with Gasteiger partial charge in [-0.25, -0.2) is 0 Å². The van der Waals surface area contributed by atoms with Crippen LogP contribution in [0, 0.1) is 6.92 Å². The minimum atomic E-state index is -0.554. The molecule has 1 N–H and O–H groups in total. The number of anilines is 1. The molecule has 1 aliphatic heterocycles. The Bertz CT molecular complexity index is 448. The molecule has 0 spiro atoms. The zero-order valence-corrected chi connectivity index (χ0v) is 11.0. The number of ether oxygens (including phenoxy) is 1. The van der Waals surface area contributed by atoms with Gasteiger partial charge in [0.2, 0.25) is 0 Å². The molecule has 98 valence electrons. The normalized spacial score (nSPS) is 20.3. The molecule has 1 fully saturated rings. The number of aliphatic hydroxyl groups is 1. The number of benzene rings is 1. The first-order chi connectivity index (χ1) is 8.63. The molecule has 1 aromatic carbocycles. The van der Waals surface area contributed by atoms with Gasteiger partial charge in [0, 0.05) is 30.3 Å². The van der Waals surface area contributed by atoms with Crippen molar-refractivity contribution in [3.63, 3.8) is 0 Å². The van der Waals surface area contributed by atoms with E-state index in [9.17, 15) is 4.79 Å². The highest BCUT2D eigenvalue weighted by atomic mass is 35.5. The number of halogens is 1. The zero-order valence-electron chi connectivity index (χ0n) is 10.2. The Morgan fingerprint density at radius 2 is 2.33 bits per heavy atom. The Kier molecular flexibility index (Phi) is 4.22. The number of carbonyl (C=O) groups is 1. The molecule has 0 bridgehead atoms. The predicted octanol–water partition coefficient (Wildman–Crippen LogP) is 1.76. The molecule has 5 heteroatoms. The molecule has 1 aliphatic rings. The topological polar surface area (TPSA) is 49.8 Å². The molecule has 1 unspecified atom stereocenters. The van der Waals surface area contributed by atoms with Crippen LogP contribution in [0.1, 0.15) is 12.0 Å². The second kappa shape index (κ2) is 5.69. The van der Waals surface area contributed by atoms with Crippen molar-refractivity contribution in [2.45, 2.75) is 19.4 Å². The van der Waals surface area contributed by atoms with Crippen molar-refractivity contribution in [2.75, 3.05) is 24.7 Å². The first kappa shape index (κ1) is 13.3. The lowest BCUT2D eigenvalue weighted by molar-refractivity contribution is -0.134. The molecule has 1 heterocycles. The molecule has 0 saturated carbocycles. The fraction of sp³-hybridized carbons (Fsp3) is 0.462. The average Bonchev–Trinajstić information content (AvgIpc) is 2.35. The molecule has 2 rings (SSSR count). The SMILES string of the molecule is Cc1ccc(Cl)cc1N1CCOC(CCO)C1=O. The minimum Gasteiger partial charge on any atom is -0.396 e. The van der Waals surface area contributed by atoms with Crippen LogP contribution in [0.15, 0.2) is 18.2 Å². The molecule has 1 aromatic rings. The van der Waals surface area contributed by atoms with E-state index in [2.05, 4.69) is 0 Å². The van der Waals surface area contributed by atoms with Crippen LogP contribution in [0.3, 0.4) is 0 Å². The predicted molar refractivity (Wildman–Crippen MR) is 70.0 cm³/mol. The van der Waals surface area contributed by atoms with Gasteiger partial charge in [-0.1, -0.05) is 17.7 Å². The van der Waals surface area contributed by atoms with Gasteiger partial charge >= 0.3 is 0 Å². The molecule has 0 aliphatic carbocycles. The first-order valence-electron chi connectivity index (χ1n) is 5.93. The molecule has 18 heavy (non-hydrogen) atoms. The van der Waals surface area contributed by atoms with Crippen LogP contribution >= 0.6 is 11.6 Å². The van der Waals surface area contributed by atoms with Crippen LogP contribution < -0.4 is 4.90 Å². The summed E-state index contributed by atoms with van der Waals surface area (Å²) < 4.78 is 5.37. The van der Waals surface area contributed by atoms with Gasteiger partial charge in [-0.05, 0) is 24.6 Å². The summed E-state index contributed by atoms with van der Waals surface area (Å²) in [5.74, 6) is -0.110. The highest BCUT2D eigenvalue weighted by Crippen LogP contribution is 2.27. The fourth-order valence-corrected chi connectivity index (χ4v) is 2.24. The van der Waals surface area contributed by atoms with Crippen LogP contribution in [0.4, 0.5) is 5.69 Å². The van der Waals surface area contributed by atoms with Crippen molar-refractivity contribution in [1.82, 2.24) is 0 Å². The van der Waals surface area contributed by atoms with E-state index in [0.29, 0.717) is 24.6 Å². The second-order valence-electron chi connectivity index (χ2n) is 4.29. The summed E-state index contributed by atoms with van der Waals surface area (Å²) in [5.41, 5.74) is 1.82. The standard InChI is InChI=1S/C13H16ClNO3/c1-9-2-3-10(14)8-11(9)15-5-7-18-12(4-6-16)13(15)17/h2-3,8,12,16H,4-7H2,1H3. The highest BCUT2D eigenvalue weighted by Gasteiger charge is 2.30. The van der Waals surface area contributed by atoms with Crippen LogP contribution in [-0.4, -0.2) is 36.9 Å². The molecule has 0 aromatic heterocycles. The maximum Gasteiger partial charge on any atom is 0.256 e. The smallest absolute Gasteiger partial charge is 0.256 e. The van der Waals surface area contributed by atoms with Crippen LogP contribution in [0.2, 0.25) is 5.02 Å². The zero-order chi connectivity index (χ0) is 13.1. The van der Waals surface area contributed by atoms with Crippen LogP contribution in [0.25, 0.3) is 0 Å². The largest absolute Gasteiger partial charge is 0.396 e. The summed E-state index contributed by atoms with van der Waals surface area (Å²) in [5, 5.41) is 9.53. The van der Waals surface area contributed by atoms with E-state index in [0.717, 1.165) is 11.3 Å². The maximum atomic E-state index is 12.2. The lowest BCUT2D eigenvalue weighted by atomic mass is 10.1. The van der Waals surface area contributed by atoms with Crippen molar-refractivity contribution in [3.05, 3.63) is 28.8 Å². The van der Waals surface area contributed by atoms with E-state index in [1.54, 1.807) is 17.0 Å². The quantitative estimate of drug-likeness (QED) is 0.910. The van der Waals surface area contributed by atoms with Crippen molar-refractivity contribution >= 4 is 23.2 Å². The highest BCUT2D eigenvalue weighted by molar-refractivity contribution is 6.31. The third kappa shape index (κ3) is 2.66. The summed E-state index contributed by atoms with van der Waals surface area (Å²) >= 11 is 5.97. The molecule has 1 amide bonds. The third-order valence-corrected chi connectivity index (χ3v) is 3.26. The van der Waals surface area contributed by atoms with Gasteiger partial charge < -0.3 is 14.7 Å². The molecule has 0 radical (unpaired) electrons. The summed E-state index contributed by atoms with van der Waals surface area (Å²) in [6.45, 7) is 2.87. The number of carbonyl (C=O) groups excluding carboxylic acids is 1. The Morgan fingerprint density at radius 3 is 3.06 bits per heavy atom. The third-order valence-electron chi connectivity index (χ3n) is 3.03. The molecular weight excluding hydrogens is 254 g/mol. The lowest BCUT2D eigenvalue weighted by Crippen LogP contribution is -2.48. The summed E-state index contributed by atoms with van der Waals surface area (Å²) in [4.78, 5) is 13.9. The van der Waals surface area contributed by atoms with Crippen molar-refractivity contribution in [3.8, 4) is 0 Å². The number of aryl methyl sites for hydroxylation is 1. The number of aliphatic hydroxyl groups excluding tert-OH is 1. The van der Waals surface area contributed by atoms with E-state index in [1.807, 2.05) is 13.0 Å². The lowest BCUT2D eigenvalue weighted by Gasteiger charge is -2.33. The fourth-order valence-electron chi connectivity index (χ4n) is 2.08. The monoisotopic (exact) mass is 269 g/mol. The number of hydrogen-bond acceptors (Lipinski definition) is 3. The number of nitrogens with zero attached hydrogens (tertiary/aromatic N) is 1. The Morgan fingerprint density at radius 1 is 1.56 bits per heavy atom. The number of hydrogen-bond donors (Lipinski definition) is 1. The van der Waals surface area contributed by atoms with E-state index < -0.39 is 6.10 Å². The van der Waals surface area contributed by atoms with Gasteiger partial charge in [-0.2, -0.15) is 0 Å².